The smallest absolute Gasteiger partial charge is 0.241 e. The number of aliphatic hydroxyl groups excluding tert-OH is 1. The number of hydrogen-bond acceptors (Lipinski definition) is 4. The van der Waals surface area contributed by atoms with Gasteiger partial charge in [-0.2, -0.15) is 0 Å². The lowest BCUT2D eigenvalue weighted by Gasteiger charge is -2.06. The first-order valence-electron chi connectivity index (χ1n) is 5.94. The van der Waals surface area contributed by atoms with Crippen LogP contribution in [0.25, 0.3) is 0 Å². The minimum atomic E-state index is -3.78. The summed E-state index contributed by atoms with van der Waals surface area (Å²) in [5.74, 6) is 3.98. The summed E-state index contributed by atoms with van der Waals surface area (Å²) in [6.45, 7) is -0.227. The van der Waals surface area contributed by atoms with Crippen LogP contribution >= 0.6 is 11.3 Å². The topological polar surface area (TPSA) is 66.4 Å². The molecule has 0 amide bonds. The van der Waals surface area contributed by atoms with Crippen LogP contribution < -0.4 is 4.72 Å². The van der Waals surface area contributed by atoms with E-state index in [1.165, 1.54) is 23.5 Å². The van der Waals surface area contributed by atoms with Gasteiger partial charge in [-0.15, -0.1) is 11.3 Å². The van der Waals surface area contributed by atoms with Crippen molar-refractivity contribution in [3.63, 3.8) is 0 Å². The van der Waals surface area contributed by atoms with Crippen molar-refractivity contribution < 1.29 is 17.9 Å². The summed E-state index contributed by atoms with van der Waals surface area (Å²) < 4.78 is 40.3. The molecule has 1 aromatic heterocycles. The Hall–Kier alpha value is -1.72. The highest BCUT2D eigenvalue weighted by Crippen LogP contribution is 2.15. The first-order valence-corrected chi connectivity index (χ1v) is 8.30. The van der Waals surface area contributed by atoms with Gasteiger partial charge in [0.1, 0.15) is 12.4 Å². The van der Waals surface area contributed by atoms with Gasteiger partial charge in [0.2, 0.25) is 10.0 Å². The molecule has 21 heavy (non-hydrogen) atoms. The van der Waals surface area contributed by atoms with Gasteiger partial charge >= 0.3 is 0 Å². The van der Waals surface area contributed by atoms with Crippen molar-refractivity contribution in [2.75, 3.05) is 6.61 Å². The highest BCUT2D eigenvalue weighted by atomic mass is 32.2. The van der Waals surface area contributed by atoms with Crippen LogP contribution in [0.15, 0.2) is 40.6 Å². The van der Waals surface area contributed by atoms with Gasteiger partial charge in [0.05, 0.1) is 10.5 Å². The molecule has 0 fully saturated rings. The summed E-state index contributed by atoms with van der Waals surface area (Å²) in [6.07, 6.45) is 0. The average Bonchev–Trinajstić information content (AvgIpc) is 2.97. The number of aliphatic hydroxyl groups is 1. The number of sulfonamides is 1. The van der Waals surface area contributed by atoms with Crippen LogP contribution in [0.5, 0.6) is 0 Å². The molecule has 0 bridgehead atoms. The summed E-state index contributed by atoms with van der Waals surface area (Å²) in [7, 11) is -3.78. The van der Waals surface area contributed by atoms with Crippen LogP contribution in [-0.4, -0.2) is 20.1 Å². The zero-order valence-corrected chi connectivity index (χ0v) is 12.5. The number of benzene rings is 1. The second-order valence-corrected chi connectivity index (χ2v) is 6.80. The standard InChI is InChI=1S/C14H12FNO3S2/c15-14-9-13(6-5-11(14)3-1-7-17)21(18,19)16-10-12-4-2-8-20-12/h2,4-6,8-9,16-17H,7,10H2. The van der Waals surface area contributed by atoms with Crippen LogP contribution in [0.4, 0.5) is 4.39 Å². The Morgan fingerprint density at radius 3 is 2.76 bits per heavy atom. The molecule has 0 saturated carbocycles. The summed E-state index contributed by atoms with van der Waals surface area (Å²) in [6, 6.07) is 7.10. The van der Waals surface area contributed by atoms with Crippen LogP contribution in [0, 0.1) is 17.7 Å². The molecule has 2 aromatic rings. The molecule has 0 saturated heterocycles. The molecule has 0 spiro atoms. The molecular formula is C14H12FNO3S2. The lowest BCUT2D eigenvalue weighted by molar-refractivity contribution is 0.350. The third-order valence-corrected chi connectivity index (χ3v) is 4.84. The van der Waals surface area contributed by atoms with Gasteiger partial charge in [-0.1, -0.05) is 17.9 Å². The third-order valence-electron chi connectivity index (χ3n) is 2.57. The van der Waals surface area contributed by atoms with Gasteiger partial charge in [0, 0.05) is 11.4 Å². The maximum Gasteiger partial charge on any atom is 0.241 e. The summed E-state index contributed by atoms with van der Waals surface area (Å²) in [5.41, 5.74) is 0.0428. The number of nitrogens with one attached hydrogen (secondary N) is 1. The lowest BCUT2D eigenvalue weighted by atomic mass is 10.2. The monoisotopic (exact) mass is 325 g/mol. The molecule has 0 aliphatic rings. The van der Waals surface area contributed by atoms with E-state index < -0.39 is 15.8 Å². The summed E-state index contributed by atoms with van der Waals surface area (Å²) >= 11 is 1.43. The maximum atomic E-state index is 13.7. The van der Waals surface area contributed by atoms with Crippen LogP contribution in [0.2, 0.25) is 0 Å². The van der Waals surface area contributed by atoms with E-state index in [2.05, 4.69) is 16.6 Å². The number of halogens is 1. The van der Waals surface area contributed by atoms with Gasteiger partial charge in [0.25, 0.3) is 0 Å². The molecule has 1 aromatic carbocycles. The predicted octanol–water partition coefficient (Wildman–Crippen LogP) is 1.71. The van der Waals surface area contributed by atoms with Crippen molar-refractivity contribution in [1.82, 2.24) is 4.72 Å². The Morgan fingerprint density at radius 2 is 2.14 bits per heavy atom. The fourth-order valence-electron chi connectivity index (χ4n) is 1.56. The average molecular weight is 325 g/mol. The predicted molar refractivity (Wildman–Crippen MR) is 78.7 cm³/mol. The van der Waals surface area contributed by atoms with E-state index in [1.807, 2.05) is 11.4 Å². The summed E-state index contributed by atoms with van der Waals surface area (Å²) in [5, 5.41) is 10.4. The van der Waals surface area contributed by atoms with Gasteiger partial charge < -0.3 is 5.11 Å². The van der Waals surface area contributed by atoms with Gasteiger partial charge in [0.15, 0.2) is 0 Å². The van der Waals surface area contributed by atoms with Crippen molar-refractivity contribution in [1.29, 1.82) is 0 Å². The zero-order valence-electron chi connectivity index (χ0n) is 10.8. The molecule has 0 unspecified atom stereocenters. The first-order chi connectivity index (χ1) is 10.0. The van der Waals surface area contributed by atoms with E-state index in [0.717, 1.165) is 10.9 Å². The van der Waals surface area contributed by atoms with Gasteiger partial charge in [-0.3, -0.25) is 0 Å². The fraction of sp³-hybridized carbons (Fsp3) is 0.143. The van der Waals surface area contributed by atoms with E-state index in [-0.39, 0.29) is 23.6 Å². The Kier molecular flexibility index (Phi) is 5.09. The van der Waals surface area contributed by atoms with Crippen molar-refractivity contribution in [3.8, 4) is 11.8 Å². The molecule has 1 heterocycles. The Bertz CT molecular complexity index is 774. The largest absolute Gasteiger partial charge is 0.384 e. The Balaban J connectivity index is 2.18. The molecule has 110 valence electrons. The molecule has 0 atom stereocenters. The molecule has 7 heteroatoms. The van der Waals surface area contributed by atoms with Gasteiger partial charge in [-0.05, 0) is 29.6 Å². The lowest BCUT2D eigenvalue weighted by Crippen LogP contribution is -2.23. The highest BCUT2D eigenvalue weighted by molar-refractivity contribution is 7.89. The van der Waals surface area contributed by atoms with Crippen LogP contribution in [-0.2, 0) is 16.6 Å². The second-order valence-electron chi connectivity index (χ2n) is 4.01. The second kappa shape index (κ2) is 6.83. The third kappa shape index (κ3) is 4.12. The van der Waals surface area contributed by atoms with E-state index in [1.54, 1.807) is 6.07 Å². The minimum absolute atomic E-state index is 0.0428. The molecule has 2 rings (SSSR count). The van der Waals surface area contributed by atoms with Crippen LogP contribution in [0.1, 0.15) is 10.4 Å². The number of thiophene rings is 1. The zero-order chi connectivity index (χ0) is 15.3. The molecule has 0 aliphatic carbocycles. The Labute approximate surface area is 126 Å². The van der Waals surface area contributed by atoms with E-state index in [9.17, 15) is 12.8 Å². The van der Waals surface area contributed by atoms with Crippen molar-refractivity contribution >= 4 is 21.4 Å². The minimum Gasteiger partial charge on any atom is -0.384 e. The molecule has 0 radical (unpaired) electrons. The van der Waals surface area contributed by atoms with Crippen LogP contribution in [0.3, 0.4) is 0 Å². The quantitative estimate of drug-likeness (QED) is 0.841. The molecular weight excluding hydrogens is 313 g/mol. The summed E-state index contributed by atoms with van der Waals surface area (Å²) in [4.78, 5) is 0.704. The van der Waals surface area contributed by atoms with E-state index in [0.29, 0.717) is 0 Å². The normalized spacial score (nSPS) is 11.0. The molecule has 0 aliphatic heterocycles. The van der Waals surface area contributed by atoms with Crippen molar-refractivity contribution in [3.05, 3.63) is 52.0 Å². The van der Waals surface area contributed by atoms with Crippen molar-refractivity contribution in [2.45, 2.75) is 11.4 Å². The van der Waals surface area contributed by atoms with Gasteiger partial charge in [-0.25, -0.2) is 17.5 Å². The van der Waals surface area contributed by atoms with Crippen molar-refractivity contribution in [2.24, 2.45) is 0 Å². The maximum absolute atomic E-state index is 13.7. The Morgan fingerprint density at radius 1 is 1.33 bits per heavy atom. The highest BCUT2D eigenvalue weighted by Gasteiger charge is 2.15. The van der Waals surface area contributed by atoms with E-state index >= 15 is 0 Å². The molecule has 4 nitrogen and oxygen atoms in total. The van der Waals surface area contributed by atoms with E-state index in [4.69, 9.17) is 5.11 Å². The first kappa shape index (κ1) is 15.7. The molecule has 2 N–H and O–H groups in total. The number of hydrogen-bond donors (Lipinski definition) is 2. The SMILES string of the molecule is O=S(=O)(NCc1cccs1)c1ccc(C#CCO)c(F)c1. The number of rotatable bonds is 4. The fourth-order valence-corrected chi connectivity index (χ4v) is 3.32.